The van der Waals surface area contributed by atoms with Gasteiger partial charge in [0.05, 0.1) is 23.8 Å². The Morgan fingerprint density at radius 3 is 2.53 bits per heavy atom. The molecule has 0 bridgehead atoms. The summed E-state index contributed by atoms with van der Waals surface area (Å²) in [6.45, 7) is 0.286. The van der Waals surface area contributed by atoms with E-state index < -0.39 is 18.6 Å². The Morgan fingerprint density at radius 1 is 1.11 bits per heavy atom. The van der Waals surface area contributed by atoms with Gasteiger partial charge < -0.3 is 19.7 Å². The van der Waals surface area contributed by atoms with Crippen molar-refractivity contribution in [1.82, 2.24) is 5.32 Å². The van der Waals surface area contributed by atoms with E-state index in [1.54, 1.807) is 19.2 Å². The summed E-state index contributed by atoms with van der Waals surface area (Å²) in [5.41, 5.74) is 4.46. The van der Waals surface area contributed by atoms with E-state index in [0.29, 0.717) is 35.1 Å². The van der Waals surface area contributed by atoms with Crippen molar-refractivity contribution < 1.29 is 24.5 Å². The Morgan fingerprint density at radius 2 is 1.86 bits per heavy atom. The van der Waals surface area contributed by atoms with Crippen molar-refractivity contribution in [2.24, 2.45) is 0 Å². The first kappa shape index (κ1) is 26.9. The number of nitriles is 1. The second kappa shape index (κ2) is 13.4. The number of aliphatic hydroxyl groups excluding tert-OH is 1. The predicted molar refractivity (Wildman–Crippen MR) is 140 cm³/mol. The van der Waals surface area contributed by atoms with E-state index >= 15 is 0 Å². The number of aliphatic hydroxyl groups is 1. The van der Waals surface area contributed by atoms with E-state index in [1.165, 1.54) is 0 Å². The van der Waals surface area contributed by atoms with Crippen LogP contribution in [-0.4, -0.2) is 49.2 Å². The Balaban J connectivity index is 1.99. The van der Waals surface area contributed by atoms with Crippen LogP contribution in [0.2, 0.25) is 5.02 Å². The van der Waals surface area contributed by atoms with E-state index in [-0.39, 0.29) is 6.54 Å². The molecule has 3 rings (SSSR count). The normalized spacial score (nSPS) is 11.8. The summed E-state index contributed by atoms with van der Waals surface area (Å²) in [4.78, 5) is 11.3. The van der Waals surface area contributed by atoms with Crippen LogP contribution in [0.1, 0.15) is 22.3 Å². The molecule has 0 radical (unpaired) electrons. The van der Waals surface area contributed by atoms with Gasteiger partial charge in [-0.3, -0.25) is 10.1 Å². The van der Waals surface area contributed by atoms with Gasteiger partial charge in [0, 0.05) is 19.2 Å². The summed E-state index contributed by atoms with van der Waals surface area (Å²) >= 11 is 6.42. The molecule has 186 valence electrons. The molecule has 8 heteroatoms. The number of nitrogens with zero attached hydrogens (tertiary/aromatic N) is 1. The molecule has 1 atom stereocenters. The molecule has 3 aromatic carbocycles. The van der Waals surface area contributed by atoms with Gasteiger partial charge in [0.2, 0.25) is 0 Å². The number of nitrogens with one attached hydrogen (secondary N) is 1. The number of benzene rings is 3. The lowest BCUT2D eigenvalue weighted by molar-refractivity contribution is -0.140. The number of carbonyl (C=O) groups is 1. The van der Waals surface area contributed by atoms with Crippen LogP contribution >= 0.6 is 11.6 Å². The van der Waals surface area contributed by atoms with Crippen LogP contribution in [0.25, 0.3) is 23.3 Å². The molecule has 3 N–H and O–H groups in total. The maximum atomic E-state index is 11.3. The first-order valence-corrected chi connectivity index (χ1v) is 11.6. The van der Waals surface area contributed by atoms with Crippen molar-refractivity contribution in [3.63, 3.8) is 0 Å². The second-order valence-electron chi connectivity index (χ2n) is 7.86. The second-order valence-corrected chi connectivity index (χ2v) is 8.27. The minimum absolute atomic E-state index is 0.143. The molecule has 0 amide bonds. The maximum absolute atomic E-state index is 11.3. The highest BCUT2D eigenvalue weighted by molar-refractivity contribution is 6.32. The topological polar surface area (TPSA) is 112 Å². The van der Waals surface area contributed by atoms with Crippen LogP contribution in [0.5, 0.6) is 5.75 Å². The van der Waals surface area contributed by atoms with Crippen LogP contribution < -0.4 is 10.1 Å². The molecule has 36 heavy (non-hydrogen) atoms. The van der Waals surface area contributed by atoms with Gasteiger partial charge in [-0.2, -0.15) is 5.26 Å². The van der Waals surface area contributed by atoms with Crippen LogP contribution in [0.4, 0.5) is 0 Å². The van der Waals surface area contributed by atoms with Gasteiger partial charge in [0.15, 0.2) is 0 Å². The number of methoxy groups -OCH3 is 1. The lowest BCUT2D eigenvalue weighted by Crippen LogP contribution is -2.39. The number of carboxylic acid groups (broad SMARTS) is 1. The summed E-state index contributed by atoms with van der Waals surface area (Å²) in [6, 6.07) is 20.0. The smallest absolute Gasteiger partial charge is 0.323 e. The summed E-state index contributed by atoms with van der Waals surface area (Å²) in [7, 11) is 1.57. The lowest BCUT2D eigenvalue weighted by atomic mass is 9.95. The SMILES string of the molecule is COCCOc1cc(/C=C/c2cccc(-c3ccccc3)c2C#N)c(CN[C@@H](CO)C(=O)O)cc1Cl. The van der Waals surface area contributed by atoms with Gasteiger partial charge in [0.25, 0.3) is 0 Å². The number of ether oxygens (including phenoxy) is 2. The van der Waals surface area contributed by atoms with Crippen molar-refractivity contribution in [2.75, 3.05) is 26.9 Å². The zero-order valence-corrected chi connectivity index (χ0v) is 20.5. The molecule has 0 aliphatic heterocycles. The van der Waals surface area contributed by atoms with E-state index in [2.05, 4.69) is 11.4 Å². The van der Waals surface area contributed by atoms with Crippen LogP contribution in [-0.2, 0) is 16.1 Å². The maximum Gasteiger partial charge on any atom is 0.323 e. The molecular weight excluding hydrogens is 480 g/mol. The van der Waals surface area contributed by atoms with E-state index in [4.69, 9.17) is 21.1 Å². The predicted octanol–water partition coefficient (Wildman–Crippen LogP) is 4.61. The average molecular weight is 507 g/mol. The van der Waals surface area contributed by atoms with E-state index in [0.717, 1.165) is 22.3 Å². The molecule has 0 aromatic heterocycles. The summed E-state index contributed by atoms with van der Waals surface area (Å²) < 4.78 is 10.8. The van der Waals surface area contributed by atoms with Crippen molar-refractivity contribution in [1.29, 1.82) is 5.26 Å². The Labute approximate surface area is 215 Å². The molecular formula is C28H27ClN2O5. The fourth-order valence-corrected chi connectivity index (χ4v) is 3.84. The summed E-state index contributed by atoms with van der Waals surface area (Å²) in [5, 5.41) is 31.7. The van der Waals surface area contributed by atoms with Crippen LogP contribution in [0, 0.1) is 11.3 Å². The Bertz CT molecular complexity index is 1250. The zero-order valence-electron chi connectivity index (χ0n) is 19.8. The van der Waals surface area contributed by atoms with Crippen molar-refractivity contribution >= 4 is 29.7 Å². The first-order valence-electron chi connectivity index (χ1n) is 11.3. The number of rotatable bonds is 12. The summed E-state index contributed by atoms with van der Waals surface area (Å²) in [6.07, 6.45) is 3.66. The largest absolute Gasteiger partial charge is 0.490 e. The monoisotopic (exact) mass is 506 g/mol. The minimum atomic E-state index is -1.16. The number of aliphatic carboxylic acids is 1. The Hall–Kier alpha value is -3.67. The Kier molecular flexibility index (Phi) is 10.0. The molecule has 0 heterocycles. The van der Waals surface area contributed by atoms with E-state index in [1.807, 2.05) is 60.7 Å². The third-order valence-electron chi connectivity index (χ3n) is 5.49. The molecule has 0 aliphatic rings. The zero-order chi connectivity index (χ0) is 25.9. The van der Waals surface area contributed by atoms with Crippen LogP contribution in [0.3, 0.4) is 0 Å². The van der Waals surface area contributed by atoms with Gasteiger partial charge in [-0.25, -0.2) is 0 Å². The van der Waals surface area contributed by atoms with Gasteiger partial charge in [-0.1, -0.05) is 72.3 Å². The highest BCUT2D eigenvalue weighted by Crippen LogP contribution is 2.31. The molecule has 0 spiro atoms. The number of hydrogen-bond acceptors (Lipinski definition) is 6. The van der Waals surface area contributed by atoms with Crippen molar-refractivity contribution in [3.8, 4) is 22.9 Å². The molecule has 0 aliphatic carbocycles. The number of halogens is 1. The molecule has 3 aromatic rings. The number of carboxylic acids is 1. The quantitative estimate of drug-likeness (QED) is 0.243. The van der Waals surface area contributed by atoms with Gasteiger partial charge in [0.1, 0.15) is 24.5 Å². The minimum Gasteiger partial charge on any atom is -0.490 e. The van der Waals surface area contributed by atoms with Crippen molar-refractivity contribution in [2.45, 2.75) is 12.6 Å². The average Bonchev–Trinajstić information content (AvgIpc) is 2.89. The molecule has 0 saturated carbocycles. The van der Waals surface area contributed by atoms with E-state index in [9.17, 15) is 20.3 Å². The lowest BCUT2D eigenvalue weighted by Gasteiger charge is -2.16. The number of hydrogen-bond donors (Lipinski definition) is 3. The summed E-state index contributed by atoms with van der Waals surface area (Å²) in [5.74, 6) is -0.704. The molecule has 0 fully saturated rings. The van der Waals surface area contributed by atoms with Crippen LogP contribution in [0.15, 0.2) is 60.7 Å². The third-order valence-corrected chi connectivity index (χ3v) is 5.79. The van der Waals surface area contributed by atoms with Gasteiger partial charge >= 0.3 is 5.97 Å². The standard InChI is InChI=1S/C28H27ClN2O5/c1-35-12-13-36-27-15-21(22(14-25(27)29)17-31-26(18-32)28(33)34)11-10-20-8-5-9-23(24(20)16-30)19-6-3-2-4-7-19/h2-11,14-15,26,31-32H,12-13,17-18H2,1H3,(H,33,34)/b11-10+/t26-/m0/s1. The fraction of sp³-hybridized carbons (Fsp3) is 0.214. The molecule has 7 nitrogen and oxygen atoms in total. The third kappa shape index (κ3) is 6.94. The highest BCUT2D eigenvalue weighted by atomic mass is 35.5. The fourth-order valence-electron chi connectivity index (χ4n) is 3.60. The van der Waals surface area contributed by atoms with Crippen molar-refractivity contribution in [3.05, 3.63) is 87.9 Å². The van der Waals surface area contributed by atoms with Gasteiger partial charge in [-0.15, -0.1) is 0 Å². The molecule has 0 unspecified atom stereocenters. The first-order chi connectivity index (χ1) is 17.5. The highest BCUT2D eigenvalue weighted by Gasteiger charge is 2.17. The molecule has 0 saturated heterocycles. The van der Waals surface area contributed by atoms with Gasteiger partial charge in [-0.05, 0) is 34.4 Å².